The minimum absolute atomic E-state index is 0.278. The number of anilines is 1. The number of nitriles is 1. The number of nitrogens with zero attached hydrogens (tertiary/aromatic N) is 2. The van der Waals surface area contributed by atoms with E-state index in [1.165, 1.54) is 6.07 Å². The average molecular weight is 257 g/mol. The lowest BCUT2D eigenvalue weighted by Crippen LogP contribution is -2.19. The van der Waals surface area contributed by atoms with Gasteiger partial charge in [-0.1, -0.05) is 15.9 Å². The first kappa shape index (κ1) is 11.0. The Morgan fingerprint density at radius 2 is 2.29 bits per heavy atom. The maximum atomic E-state index is 13.4. The van der Waals surface area contributed by atoms with Gasteiger partial charge in [0.1, 0.15) is 5.82 Å². The van der Waals surface area contributed by atoms with Gasteiger partial charge in [-0.15, -0.1) is 0 Å². The molecule has 0 radical (unpaired) electrons. The Hall–Kier alpha value is -1.08. The number of benzene rings is 1. The number of halogens is 2. The molecule has 2 nitrogen and oxygen atoms in total. The van der Waals surface area contributed by atoms with E-state index in [4.69, 9.17) is 5.26 Å². The summed E-state index contributed by atoms with van der Waals surface area (Å²) in [6.07, 6.45) is 0.395. The average Bonchev–Trinajstić information content (AvgIpc) is 2.14. The molecule has 0 atom stereocenters. The highest BCUT2D eigenvalue weighted by Gasteiger charge is 2.06. The quantitative estimate of drug-likeness (QED) is 0.832. The van der Waals surface area contributed by atoms with Gasteiger partial charge in [-0.3, -0.25) is 0 Å². The van der Waals surface area contributed by atoms with Gasteiger partial charge in [0.15, 0.2) is 0 Å². The standard InChI is InChI=1S/C10H10BrFN2/c1-14(6-2-5-13)10-4-3-8(11)7-9(10)12/h3-4,7H,2,6H2,1H3. The highest BCUT2D eigenvalue weighted by molar-refractivity contribution is 9.10. The van der Waals surface area contributed by atoms with Gasteiger partial charge < -0.3 is 4.90 Å². The van der Waals surface area contributed by atoms with Crippen LogP contribution in [0.25, 0.3) is 0 Å². The van der Waals surface area contributed by atoms with Crippen LogP contribution in [-0.4, -0.2) is 13.6 Å². The van der Waals surface area contributed by atoms with E-state index in [2.05, 4.69) is 15.9 Å². The van der Waals surface area contributed by atoms with Crippen LogP contribution in [0.15, 0.2) is 22.7 Å². The van der Waals surface area contributed by atoms with Crippen molar-refractivity contribution in [3.8, 4) is 6.07 Å². The van der Waals surface area contributed by atoms with Gasteiger partial charge in [0.25, 0.3) is 0 Å². The summed E-state index contributed by atoms with van der Waals surface area (Å²) in [7, 11) is 1.77. The lowest BCUT2D eigenvalue weighted by molar-refractivity contribution is 0.622. The lowest BCUT2D eigenvalue weighted by atomic mass is 10.2. The molecule has 1 aromatic rings. The summed E-state index contributed by atoms with van der Waals surface area (Å²) in [4.78, 5) is 1.73. The van der Waals surface area contributed by atoms with Crippen molar-refractivity contribution in [3.05, 3.63) is 28.5 Å². The molecule has 0 heterocycles. The number of rotatable bonds is 3. The molecule has 74 valence electrons. The van der Waals surface area contributed by atoms with Gasteiger partial charge in [0, 0.05) is 18.1 Å². The molecule has 0 aromatic heterocycles. The molecule has 1 aromatic carbocycles. The first-order chi connectivity index (χ1) is 6.65. The topological polar surface area (TPSA) is 27.0 Å². The van der Waals surface area contributed by atoms with E-state index in [1.807, 2.05) is 6.07 Å². The summed E-state index contributed by atoms with van der Waals surface area (Å²) < 4.78 is 14.1. The van der Waals surface area contributed by atoms with E-state index in [9.17, 15) is 4.39 Å². The van der Waals surface area contributed by atoms with Crippen LogP contribution < -0.4 is 4.90 Å². The molecule has 0 spiro atoms. The highest BCUT2D eigenvalue weighted by atomic mass is 79.9. The van der Waals surface area contributed by atoms with Crippen LogP contribution in [0.1, 0.15) is 6.42 Å². The van der Waals surface area contributed by atoms with Crippen LogP contribution >= 0.6 is 15.9 Å². The predicted octanol–water partition coefficient (Wildman–Crippen LogP) is 2.94. The van der Waals surface area contributed by atoms with Crippen LogP contribution in [0.2, 0.25) is 0 Å². The first-order valence-corrected chi connectivity index (χ1v) is 4.97. The third kappa shape index (κ3) is 2.71. The van der Waals surface area contributed by atoms with Crippen molar-refractivity contribution in [1.29, 1.82) is 5.26 Å². The molecular weight excluding hydrogens is 247 g/mol. The summed E-state index contributed by atoms with van der Waals surface area (Å²) in [5, 5.41) is 8.40. The van der Waals surface area contributed by atoms with Crippen molar-refractivity contribution >= 4 is 21.6 Å². The Morgan fingerprint density at radius 3 is 2.86 bits per heavy atom. The first-order valence-electron chi connectivity index (χ1n) is 4.18. The molecule has 0 unspecified atom stereocenters. The van der Waals surface area contributed by atoms with E-state index < -0.39 is 0 Å². The highest BCUT2D eigenvalue weighted by Crippen LogP contribution is 2.22. The molecule has 0 aliphatic heterocycles. The summed E-state index contributed by atoms with van der Waals surface area (Å²) in [6.45, 7) is 0.537. The van der Waals surface area contributed by atoms with Crippen LogP contribution in [0.5, 0.6) is 0 Å². The molecule has 0 amide bonds. The molecule has 14 heavy (non-hydrogen) atoms. The summed E-state index contributed by atoms with van der Waals surface area (Å²) in [6, 6.07) is 6.91. The van der Waals surface area contributed by atoms with Crippen LogP contribution in [0, 0.1) is 17.1 Å². The largest absolute Gasteiger partial charge is 0.371 e. The summed E-state index contributed by atoms with van der Waals surface area (Å²) >= 11 is 3.19. The fraction of sp³-hybridized carbons (Fsp3) is 0.300. The molecular formula is C10H10BrFN2. The maximum absolute atomic E-state index is 13.4. The third-order valence-electron chi connectivity index (χ3n) is 1.88. The van der Waals surface area contributed by atoms with Gasteiger partial charge in [0.05, 0.1) is 18.2 Å². The smallest absolute Gasteiger partial charge is 0.147 e. The third-order valence-corrected chi connectivity index (χ3v) is 2.37. The lowest BCUT2D eigenvalue weighted by Gasteiger charge is -2.18. The van der Waals surface area contributed by atoms with Crippen molar-refractivity contribution in [3.63, 3.8) is 0 Å². The second-order valence-electron chi connectivity index (χ2n) is 2.93. The fourth-order valence-corrected chi connectivity index (χ4v) is 1.46. The van der Waals surface area contributed by atoms with Gasteiger partial charge in [-0.25, -0.2) is 4.39 Å². The van der Waals surface area contributed by atoms with Crippen molar-refractivity contribution in [2.75, 3.05) is 18.5 Å². The number of hydrogen-bond donors (Lipinski definition) is 0. The molecule has 0 N–H and O–H groups in total. The van der Waals surface area contributed by atoms with Crippen molar-refractivity contribution in [2.24, 2.45) is 0 Å². The van der Waals surface area contributed by atoms with Gasteiger partial charge in [0.2, 0.25) is 0 Å². The van der Waals surface area contributed by atoms with E-state index in [-0.39, 0.29) is 5.82 Å². The van der Waals surface area contributed by atoms with Gasteiger partial charge in [-0.05, 0) is 18.2 Å². The Balaban J connectivity index is 2.80. The number of hydrogen-bond acceptors (Lipinski definition) is 2. The molecule has 0 saturated heterocycles. The van der Waals surface area contributed by atoms with E-state index in [0.717, 1.165) is 0 Å². The van der Waals surface area contributed by atoms with Crippen LogP contribution in [0.4, 0.5) is 10.1 Å². The summed E-state index contributed by atoms with van der Waals surface area (Å²) in [5.41, 5.74) is 0.517. The van der Waals surface area contributed by atoms with Crippen LogP contribution in [0.3, 0.4) is 0 Å². The van der Waals surface area contributed by atoms with E-state index >= 15 is 0 Å². The van der Waals surface area contributed by atoms with E-state index in [1.54, 1.807) is 24.1 Å². The van der Waals surface area contributed by atoms with Crippen LogP contribution in [-0.2, 0) is 0 Å². The molecule has 0 aliphatic rings. The Bertz CT molecular complexity index is 360. The molecule has 0 fully saturated rings. The SMILES string of the molecule is CN(CCC#N)c1ccc(Br)cc1F. The molecule has 0 saturated carbocycles. The molecule has 1 rings (SSSR count). The van der Waals surface area contributed by atoms with Crippen molar-refractivity contribution in [2.45, 2.75) is 6.42 Å². The zero-order valence-corrected chi connectivity index (χ0v) is 9.38. The fourth-order valence-electron chi connectivity index (χ4n) is 1.13. The van der Waals surface area contributed by atoms with Gasteiger partial charge in [-0.2, -0.15) is 5.26 Å². The minimum atomic E-state index is -0.278. The molecule has 0 aliphatic carbocycles. The van der Waals surface area contributed by atoms with Crippen molar-refractivity contribution in [1.82, 2.24) is 0 Å². The second kappa shape index (κ2) is 4.97. The Kier molecular flexibility index (Phi) is 3.90. The second-order valence-corrected chi connectivity index (χ2v) is 3.84. The maximum Gasteiger partial charge on any atom is 0.147 e. The normalized spacial score (nSPS) is 9.57. The zero-order valence-electron chi connectivity index (χ0n) is 7.80. The zero-order chi connectivity index (χ0) is 10.6. The predicted molar refractivity (Wildman–Crippen MR) is 57.6 cm³/mol. The molecule has 4 heteroatoms. The Labute approximate surface area is 91.1 Å². The van der Waals surface area contributed by atoms with E-state index in [0.29, 0.717) is 23.1 Å². The van der Waals surface area contributed by atoms with Crippen molar-refractivity contribution < 1.29 is 4.39 Å². The monoisotopic (exact) mass is 256 g/mol. The minimum Gasteiger partial charge on any atom is -0.371 e. The molecule has 0 bridgehead atoms. The van der Waals surface area contributed by atoms with Gasteiger partial charge >= 0.3 is 0 Å². The Morgan fingerprint density at radius 1 is 1.57 bits per heavy atom. The summed E-state index contributed by atoms with van der Waals surface area (Å²) in [5.74, 6) is -0.278.